The third-order valence-electron chi connectivity index (χ3n) is 2.03. The zero-order chi connectivity index (χ0) is 11.5. The van der Waals surface area contributed by atoms with E-state index < -0.39 is 0 Å². The Hall–Kier alpha value is -2.10. The number of phenols is 1. The van der Waals surface area contributed by atoms with Gasteiger partial charge in [0.25, 0.3) is 0 Å². The van der Waals surface area contributed by atoms with Crippen molar-refractivity contribution in [1.29, 1.82) is 0 Å². The topological polar surface area (TPSA) is 55.2 Å². The maximum absolute atomic E-state index is 9.40. The lowest BCUT2D eigenvalue weighted by atomic mass is 10.2. The molecule has 1 aromatic carbocycles. The standard InChI is InChI=1S/C12H12N2O2/c1-8-5-10(15)7-11(6-8)16-12-4-3-9(2)13-14-12/h3-7,15H,1-2H3. The fourth-order valence-electron chi connectivity index (χ4n) is 1.35. The third-order valence-corrected chi connectivity index (χ3v) is 2.03. The van der Waals surface area contributed by atoms with Gasteiger partial charge in [0.15, 0.2) is 0 Å². The van der Waals surface area contributed by atoms with Gasteiger partial charge in [0, 0.05) is 12.1 Å². The van der Waals surface area contributed by atoms with E-state index in [4.69, 9.17) is 4.74 Å². The second kappa shape index (κ2) is 4.18. The number of benzene rings is 1. The Balaban J connectivity index is 2.23. The number of aromatic nitrogens is 2. The number of ether oxygens (including phenoxy) is 1. The van der Waals surface area contributed by atoms with Crippen molar-refractivity contribution in [3.05, 3.63) is 41.6 Å². The van der Waals surface area contributed by atoms with E-state index in [1.54, 1.807) is 12.1 Å². The van der Waals surface area contributed by atoms with Crippen LogP contribution in [0.1, 0.15) is 11.3 Å². The molecule has 0 saturated heterocycles. The molecule has 0 fully saturated rings. The summed E-state index contributed by atoms with van der Waals surface area (Å²) in [5, 5.41) is 17.2. The molecule has 2 aromatic rings. The van der Waals surface area contributed by atoms with Gasteiger partial charge in [0.2, 0.25) is 5.88 Å². The molecule has 4 heteroatoms. The quantitative estimate of drug-likeness (QED) is 0.838. The average Bonchev–Trinajstić information content (AvgIpc) is 2.20. The SMILES string of the molecule is Cc1cc(O)cc(Oc2ccc(C)nn2)c1. The third kappa shape index (κ3) is 2.48. The summed E-state index contributed by atoms with van der Waals surface area (Å²) in [5.41, 5.74) is 1.76. The molecule has 0 radical (unpaired) electrons. The molecule has 0 spiro atoms. The van der Waals surface area contributed by atoms with Crippen molar-refractivity contribution in [2.24, 2.45) is 0 Å². The lowest BCUT2D eigenvalue weighted by molar-refractivity contribution is 0.439. The van der Waals surface area contributed by atoms with Crippen molar-refractivity contribution < 1.29 is 9.84 Å². The van der Waals surface area contributed by atoms with Crippen molar-refractivity contribution in [3.63, 3.8) is 0 Å². The molecule has 0 aliphatic carbocycles. The molecule has 16 heavy (non-hydrogen) atoms. The highest BCUT2D eigenvalue weighted by Gasteiger charge is 2.01. The van der Waals surface area contributed by atoms with Gasteiger partial charge in [-0.2, -0.15) is 5.10 Å². The van der Waals surface area contributed by atoms with Crippen LogP contribution in [-0.4, -0.2) is 15.3 Å². The van der Waals surface area contributed by atoms with Gasteiger partial charge in [-0.15, -0.1) is 5.10 Å². The summed E-state index contributed by atoms with van der Waals surface area (Å²) in [7, 11) is 0. The van der Waals surface area contributed by atoms with E-state index in [9.17, 15) is 5.11 Å². The van der Waals surface area contributed by atoms with Crippen LogP contribution < -0.4 is 4.74 Å². The van der Waals surface area contributed by atoms with Crippen LogP contribution in [-0.2, 0) is 0 Å². The minimum Gasteiger partial charge on any atom is -0.508 e. The van der Waals surface area contributed by atoms with Crippen molar-refractivity contribution >= 4 is 0 Å². The van der Waals surface area contributed by atoms with Gasteiger partial charge in [-0.3, -0.25) is 0 Å². The molecule has 0 bridgehead atoms. The summed E-state index contributed by atoms with van der Waals surface area (Å²) in [6.45, 7) is 3.74. The minimum absolute atomic E-state index is 0.176. The van der Waals surface area contributed by atoms with Crippen molar-refractivity contribution in [1.82, 2.24) is 10.2 Å². The smallest absolute Gasteiger partial charge is 0.238 e. The Morgan fingerprint density at radius 3 is 2.50 bits per heavy atom. The molecule has 0 amide bonds. The molecule has 0 saturated carbocycles. The second-order valence-corrected chi connectivity index (χ2v) is 3.62. The van der Waals surface area contributed by atoms with E-state index in [1.807, 2.05) is 26.0 Å². The van der Waals surface area contributed by atoms with Gasteiger partial charge in [-0.25, -0.2) is 0 Å². The van der Waals surface area contributed by atoms with Crippen LogP contribution in [0.25, 0.3) is 0 Å². The largest absolute Gasteiger partial charge is 0.508 e. The van der Waals surface area contributed by atoms with Gasteiger partial charge in [0.1, 0.15) is 11.5 Å². The zero-order valence-corrected chi connectivity index (χ0v) is 9.14. The molecule has 0 aliphatic heterocycles. The van der Waals surface area contributed by atoms with Gasteiger partial charge in [-0.1, -0.05) is 0 Å². The number of phenolic OH excluding ortho intramolecular Hbond substituents is 1. The molecular formula is C12H12N2O2. The van der Waals surface area contributed by atoms with Crippen LogP contribution >= 0.6 is 0 Å². The maximum atomic E-state index is 9.40. The molecule has 1 heterocycles. The summed E-state index contributed by atoms with van der Waals surface area (Å²) in [6, 6.07) is 8.57. The summed E-state index contributed by atoms with van der Waals surface area (Å²) < 4.78 is 5.46. The average molecular weight is 216 g/mol. The molecular weight excluding hydrogens is 204 g/mol. The number of aryl methyl sites for hydroxylation is 2. The Morgan fingerprint density at radius 2 is 1.88 bits per heavy atom. The Kier molecular flexibility index (Phi) is 2.72. The summed E-state index contributed by atoms with van der Waals surface area (Å²) in [4.78, 5) is 0. The van der Waals surface area contributed by atoms with E-state index >= 15 is 0 Å². The Bertz CT molecular complexity index is 475. The molecule has 1 aromatic heterocycles. The van der Waals surface area contributed by atoms with E-state index in [2.05, 4.69) is 10.2 Å². The van der Waals surface area contributed by atoms with E-state index in [0.717, 1.165) is 11.3 Å². The number of hydrogen-bond acceptors (Lipinski definition) is 4. The highest BCUT2D eigenvalue weighted by Crippen LogP contribution is 2.24. The Morgan fingerprint density at radius 1 is 1.06 bits per heavy atom. The van der Waals surface area contributed by atoms with E-state index in [0.29, 0.717) is 11.6 Å². The van der Waals surface area contributed by atoms with Gasteiger partial charge < -0.3 is 9.84 Å². The first kappa shape index (κ1) is 10.4. The number of aromatic hydroxyl groups is 1. The number of nitrogens with zero attached hydrogens (tertiary/aromatic N) is 2. The molecule has 4 nitrogen and oxygen atoms in total. The lowest BCUT2D eigenvalue weighted by Gasteiger charge is -2.05. The van der Waals surface area contributed by atoms with Gasteiger partial charge in [0.05, 0.1) is 5.69 Å². The normalized spacial score (nSPS) is 10.1. The fourth-order valence-corrected chi connectivity index (χ4v) is 1.35. The number of rotatable bonds is 2. The first-order valence-corrected chi connectivity index (χ1v) is 4.92. The molecule has 0 atom stereocenters. The second-order valence-electron chi connectivity index (χ2n) is 3.62. The van der Waals surface area contributed by atoms with E-state index in [1.165, 1.54) is 6.07 Å². The molecule has 0 aliphatic rings. The van der Waals surface area contributed by atoms with Crippen molar-refractivity contribution in [2.75, 3.05) is 0 Å². The molecule has 82 valence electrons. The van der Waals surface area contributed by atoms with Crippen LogP contribution in [0.4, 0.5) is 0 Å². The predicted octanol–water partition coefficient (Wildman–Crippen LogP) is 2.59. The van der Waals surface area contributed by atoms with Crippen LogP contribution in [0.3, 0.4) is 0 Å². The van der Waals surface area contributed by atoms with E-state index in [-0.39, 0.29) is 5.75 Å². The summed E-state index contributed by atoms with van der Waals surface area (Å²) in [5.74, 6) is 1.14. The Labute approximate surface area is 93.5 Å². The number of hydrogen-bond donors (Lipinski definition) is 1. The van der Waals surface area contributed by atoms with Crippen LogP contribution in [0, 0.1) is 13.8 Å². The zero-order valence-electron chi connectivity index (χ0n) is 9.14. The monoisotopic (exact) mass is 216 g/mol. The molecule has 0 unspecified atom stereocenters. The van der Waals surface area contributed by atoms with Crippen molar-refractivity contribution in [3.8, 4) is 17.4 Å². The van der Waals surface area contributed by atoms with Crippen LogP contribution in [0.15, 0.2) is 30.3 Å². The fraction of sp³-hybridized carbons (Fsp3) is 0.167. The molecule has 1 N–H and O–H groups in total. The van der Waals surface area contributed by atoms with Crippen molar-refractivity contribution in [2.45, 2.75) is 13.8 Å². The maximum Gasteiger partial charge on any atom is 0.238 e. The summed E-state index contributed by atoms with van der Waals surface area (Å²) in [6.07, 6.45) is 0. The van der Waals surface area contributed by atoms with Crippen LogP contribution in [0.2, 0.25) is 0 Å². The highest BCUT2D eigenvalue weighted by atomic mass is 16.5. The van der Waals surface area contributed by atoms with Crippen LogP contribution in [0.5, 0.6) is 17.4 Å². The highest BCUT2D eigenvalue weighted by molar-refractivity contribution is 5.38. The first-order valence-electron chi connectivity index (χ1n) is 4.92. The lowest BCUT2D eigenvalue weighted by Crippen LogP contribution is -1.91. The summed E-state index contributed by atoms with van der Waals surface area (Å²) >= 11 is 0. The predicted molar refractivity (Wildman–Crippen MR) is 59.7 cm³/mol. The van der Waals surface area contributed by atoms with Gasteiger partial charge in [-0.05, 0) is 37.6 Å². The minimum atomic E-state index is 0.176. The molecule has 2 rings (SSSR count). The van der Waals surface area contributed by atoms with Gasteiger partial charge >= 0.3 is 0 Å². The first-order chi connectivity index (χ1) is 7.63.